The molecule has 6 aromatic rings. The summed E-state index contributed by atoms with van der Waals surface area (Å²) in [5.41, 5.74) is 36.7. The normalized spacial score (nSPS) is 10.8. The molecule has 0 bridgehead atoms. The van der Waals surface area contributed by atoms with Crippen molar-refractivity contribution in [1.82, 2.24) is 0 Å². The third-order valence-corrected chi connectivity index (χ3v) is 11.2. The summed E-state index contributed by atoms with van der Waals surface area (Å²) in [5.74, 6) is -0.333. The summed E-state index contributed by atoms with van der Waals surface area (Å²) in [6.45, 7) is 0. The predicted octanol–water partition coefficient (Wildman–Crippen LogP) is -6.65. The van der Waals surface area contributed by atoms with Gasteiger partial charge in [-0.15, -0.1) is 22.7 Å². The van der Waals surface area contributed by atoms with Crippen molar-refractivity contribution in [2.45, 2.75) is 19.6 Å². The molecule has 0 aliphatic heterocycles. The Hall–Kier alpha value is -6.74. The highest BCUT2D eigenvalue weighted by atomic mass is 32.2. The van der Waals surface area contributed by atoms with Crippen LogP contribution in [0.2, 0.25) is 0 Å². The van der Waals surface area contributed by atoms with Gasteiger partial charge in [-0.05, 0) is 105 Å². The van der Waals surface area contributed by atoms with Crippen LogP contribution in [0.3, 0.4) is 0 Å². The molecule has 64 heavy (non-hydrogen) atoms. The third-order valence-electron chi connectivity index (χ3n) is 6.22. The van der Waals surface area contributed by atoms with Gasteiger partial charge in [-0.25, -0.2) is 33.7 Å². The van der Waals surface area contributed by atoms with Gasteiger partial charge in [0.2, 0.25) is 0 Å². The maximum Gasteiger partial charge on any atom is 0.336 e. The topological polar surface area (TPSA) is 539 Å². The Morgan fingerprint density at radius 3 is 0.719 bits per heavy atom. The van der Waals surface area contributed by atoms with Crippen molar-refractivity contribution in [3.63, 3.8) is 0 Å². The van der Waals surface area contributed by atoms with E-state index in [2.05, 4.69) is 115 Å². The minimum atomic E-state index is -4.56. The lowest BCUT2D eigenvalue weighted by molar-refractivity contribution is -0.117. The lowest BCUT2D eigenvalue weighted by Crippen LogP contribution is -2.51. The molecule has 0 unspecified atom stereocenters. The minimum Gasteiger partial charge on any atom is -0.744 e. The number of nitrogens with two attached hydrogens (primary N) is 12. The van der Waals surface area contributed by atoms with E-state index in [1.807, 2.05) is 0 Å². The van der Waals surface area contributed by atoms with Gasteiger partial charge in [-0.3, -0.25) is 67.5 Å². The third kappa shape index (κ3) is 25.3. The molecule has 348 valence electrons. The first kappa shape index (κ1) is 57.3. The summed E-state index contributed by atoms with van der Waals surface area (Å²) >= 11 is 3.53. The van der Waals surface area contributed by atoms with Gasteiger partial charge < -0.3 is 18.2 Å². The van der Waals surface area contributed by atoms with E-state index in [9.17, 15) is 51.9 Å². The van der Waals surface area contributed by atoms with Crippen LogP contribution in [-0.2, 0) is 40.5 Å². The van der Waals surface area contributed by atoms with Crippen molar-refractivity contribution in [2.75, 3.05) is 0 Å². The molecule has 0 aliphatic rings. The van der Waals surface area contributed by atoms with Gasteiger partial charge in [-0.1, -0.05) is 36.4 Å². The zero-order valence-corrected chi connectivity index (χ0v) is 37.7. The molecule has 0 aliphatic carbocycles. The van der Waals surface area contributed by atoms with Crippen molar-refractivity contribution < 1.29 is 73.5 Å². The molecule has 0 fully saturated rings. The summed E-state index contributed by atoms with van der Waals surface area (Å²) in [6.07, 6.45) is 4.30. The van der Waals surface area contributed by atoms with E-state index in [1.54, 1.807) is 22.7 Å². The largest absolute Gasteiger partial charge is 0.744 e. The highest BCUT2D eigenvalue weighted by Gasteiger charge is 2.07. The molecular formula is C34H44N12O12S6. The second-order valence-electron chi connectivity index (χ2n) is 11.5. The van der Waals surface area contributed by atoms with Crippen molar-refractivity contribution in [1.29, 1.82) is 0 Å². The number of benzene rings is 4. The van der Waals surface area contributed by atoms with E-state index in [4.69, 9.17) is 0 Å². The first-order chi connectivity index (χ1) is 29.2. The van der Waals surface area contributed by atoms with E-state index in [0.29, 0.717) is 21.5 Å². The maximum absolute atomic E-state index is 10.8. The molecule has 30 heteroatoms. The zero-order chi connectivity index (χ0) is 49.6. The molecule has 4 aromatic carbocycles. The van der Waals surface area contributed by atoms with Crippen LogP contribution in [0.4, 0.5) is 0 Å². The molecule has 2 aromatic heterocycles. The predicted molar refractivity (Wildman–Crippen MR) is 239 cm³/mol. The fourth-order valence-corrected chi connectivity index (χ4v) is 7.22. The number of hydrogen-bond acceptors (Lipinski definition) is 14. The summed E-state index contributed by atoms with van der Waals surface area (Å²) in [7, 11) is -18.3. The van der Waals surface area contributed by atoms with Crippen molar-refractivity contribution in [3.8, 4) is 0 Å². The number of guanidine groups is 4. The number of thiophene rings is 2. The van der Waals surface area contributed by atoms with Crippen molar-refractivity contribution in [2.24, 2.45) is 45.9 Å². The second-order valence-corrected chi connectivity index (χ2v) is 19.0. The first-order valence-electron chi connectivity index (χ1n) is 16.4. The molecule has 24 nitrogen and oxygen atoms in total. The van der Waals surface area contributed by atoms with Crippen LogP contribution < -0.4 is 67.5 Å². The summed E-state index contributed by atoms with van der Waals surface area (Å²) in [5, 5.41) is 24.0. The van der Waals surface area contributed by atoms with Gasteiger partial charge in [-0.2, -0.15) is 0 Å². The highest BCUT2D eigenvalue weighted by molar-refractivity contribution is 7.86. The Morgan fingerprint density at radius 1 is 0.391 bits per heavy atom. The van der Waals surface area contributed by atoms with Crippen LogP contribution in [0.5, 0.6) is 0 Å². The molecule has 0 atom stereocenters. The van der Waals surface area contributed by atoms with Crippen LogP contribution in [0.1, 0.15) is 9.75 Å². The maximum atomic E-state index is 10.8. The molecule has 6 rings (SSSR count). The van der Waals surface area contributed by atoms with Gasteiger partial charge in [0, 0.05) is 9.75 Å². The zero-order valence-electron chi connectivity index (χ0n) is 32.8. The Labute approximate surface area is 375 Å². The van der Waals surface area contributed by atoms with Crippen LogP contribution in [0.25, 0.3) is 33.7 Å². The molecule has 0 spiro atoms. The van der Waals surface area contributed by atoms with Gasteiger partial charge in [0.25, 0.3) is 0 Å². The van der Waals surface area contributed by atoms with Gasteiger partial charge in [0.1, 0.15) is 40.5 Å². The minimum absolute atomic E-state index is 0.0833. The number of fused-ring (bicyclic) bond motifs is 2. The fraction of sp³-hybridized carbons (Fsp3) is 0. The Bertz CT molecular complexity index is 2620. The Balaban J connectivity index is 0.000000804. The molecule has 0 saturated heterocycles. The van der Waals surface area contributed by atoms with Gasteiger partial charge in [0.15, 0.2) is 0 Å². The second kappa shape index (κ2) is 26.0. The van der Waals surface area contributed by atoms with Gasteiger partial charge >= 0.3 is 23.8 Å². The van der Waals surface area contributed by atoms with E-state index in [0.717, 1.165) is 48.5 Å². The molecule has 0 amide bonds. The standard InChI is InChI=1S/2C10H8O6S2.C10H8S2.4CH5N3/c2*11-17(12,13)9-3-1-7-5-10(18(14,15)16)4-2-8(7)6-9;1-3-9(11-7-1)5-6-10-4-2-8-12-10;4*2-1(3)4/h2*1-6H,(H,11,12,13)(H,14,15,16);1-8H;4*(H5,2,3,4)/b;;6-5+;;;;. The average molecular weight is 1010 g/mol. The Morgan fingerprint density at radius 2 is 0.578 bits per heavy atom. The summed E-state index contributed by atoms with van der Waals surface area (Å²) in [4.78, 5) is 0.979. The smallest absolute Gasteiger partial charge is 0.336 e. The molecule has 0 saturated carbocycles. The lowest BCUT2D eigenvalue weighted by Gasteiger charge is -2.10. The fourth-order valence-electron chi connectivity index (χ4n) is 3.96. The van der Waals surface area contributed by atoms with E-state index >= 15 is 0 Å². The van der Waals surface area contributed by atoms with Crippen LogP contribution in [0.15, 0.2) is 127 Å². The SMILES string of the molecule is C(=C\c1cccs1)/c1cccs1.NC(N)=[NH2+].NC(N)=[NH2+].NC(N)=[NH2+].NC(N)=[NH2+].O=S(=O)([O-])c1ccc2cc(S(=O)(=O)[O-])ccc2c1.O=S(=O)([O-])c1ccc2cc(S(=O)(=O)[O-])ccc2c1. The summed E-state index contributed by atoms with van der Waals surface area (Å²) in [6, 6.07) is 22.2. The quantitative estimate of drug-likeness (QED) is 0.0419. The average Bonchev–Trinajstić information content (AvgIpc) is 3.86. The number of hydrogen-bond donors (Lipinski definition) is 12. The van der Waals surface area contributed by atoms with E-state index in [-0.39, 0.29) is 23.8 Å². The lowest BCUT2D eigenvalue weighted by atomic mass is 10.1. The Kier molecular flexibility index (Phi) is 23.3. The first-order valence-corrected chi connectivity index (χ1v) is 23.8. The molecule has 0 radical (unpaired) electrons. The van der Waals surface area contributed by atoms with Crippen molar-refractivity contribution >= 4 is 121 Å². The molecular weight excluding hydrogens is 961 g/mol. The van der Waals surface area contributed by atoms with Crippen LogP contribution in [-0.4, -0.2) is 75.7 Å². The van der Waals surface area contributed by atoms with E-state index < -0.39 is 60.1 Å². The van der Waals surface area contributed by atoms with Crippen LogP contribution >= 0.6 is 22.7 Å². The molecule has 24 N–H and O–H groups in total. The molecule has 2 heterocycles. The van der Waals surface area contributed by atoms with Gasteiger partial charge in [0.05, 0.1) is 19.6 Å². The van der Waals surface area contributed by atoms with E-state index in [1.165, 1.54) is 34.0 Å². The number of rotatable bonds is 6. The highest BCUT2D eigenvalue weighted by Crippen LogP contribution is 2.24. The monoisotopic (exact) mass is 1000 g/mol. The van der Waals surface area contributed by atoms with Crippen LogP contribution in [0, 0.1) is 0 Å². The van der Waals surface area contributed by atoms with Crippen molar-refractivity contribution in [3.05, 3.63) is 118 Å². The summed E-state index contributed by atoms with van der Waals surface area (Å²) < 4.78 is 130.